The van der Waals surface area contributed by atoms with Crippen molar-refractivity contribution in [1.29, 1.82) is 0 Å². The maximum absolute atomic E-state index is 9.25. The number of nitrogens with zero attached hydrogens (tertiary/aromatic N) is 1. The SMILES string of the molecule is CC.CC.Oc1ccc(/C=C/c2cc(/C=C/c3ccccc3)n[nH]2)cc1. The molecular weight excluding hydrogens is 320 g/mol. The molecule has 0 saturated carbocycles. The number of aromatic amines is 1. The summed E-state index contributed by atoms with van der Waals surface area (Å²) in [5.41, 5.74) is 3.98. The van der Waals surface area contributed by atoms with E-state index in [9.17, 15) is 5.11 Å². The van der Waals surface area contributed by atoms with E-state index in [4.69, 9.17) is 0 Å². The third-order valence-corrected chi connectivity index (χ3v) is 3.21. The first-order valence-corrected chi connectivity index (χ1v) is 9.05. The fraction of sp³-hybridized carbons (Fsp3) is 0.174. The van der Waals surface area contributed by atoms with Crippen LogP contribution in [0, 0.1) is 0 Å². The van der Waals surface area contributed by atoms with Gasteiger partial charge in [0.05, 0.1) is 11.4 Å². The van der Waals surface area contributed by atoms with Gasteiger partial charge in [-0.15, -0.1) is 0 Å². The van der Waals surface area contributed by atoms with Crippen LogP contribution in [0.3, 0.4) is 0 Å². The molecule has 0 aliphatic carbocycles. The van der Waals surface area contributed by atoms with Crippen LogP contribution < -0.4 is 0 Å². The summed E-state index contributed by atoms with van der Waals surface area (Å²) in [6, 6.07) is 19.2. The molecule has 3 heteroatoms. The second-order valence-electron chi connectivity index (χ2n) is 4.92. The average Bonchev–Trinajstić information content (AvgIpc) is 3.18. The van der Waals surface area contributed by atoms with E-state index in [2.05, 4.69) is 22.3 Å². The third kappa shape index (κ3) is 7.22. The van der Waals surface area contributed by atoms with Crippen LogP contribution in [0.1, 0.15) is 50.2 Å². The van der Waals surface area contributed by atoms with Crippen molar-refractivity contribution in [1.82, 2.24) is 10.2 Å². The molecule has 0 saturated heterocycles. The van der Waals surface area contributed by atoms with E-state index in [1.807, 2.05) is 88.4 Å². The molecule has 136 valence electrons. The lowest BCUT2D eigenvalue weighted by molar-refractivity contribution is 0.475. The normalized spacial score (nSPS) is 10.2. The van der Waals surface area contributed by atoms with E-state index in [-0.39, 0.29) is 5.75 Å². The smallest absolute Gasteiger partial charge is 0.115 e. The standard InChI is InChI=1S/C19H16N2O.2C2H6/c22-19-12-8-16(9-13-19)7-11-18-14-17(20-21-18)10-6-15-4-2-1-3-5-15;2*1-2/h1-14,22H,(H,20,21);2*1-2H3/b10-6+,11-7+;;. The first-order chi connectivity index (χ1) is 12.8. The molecule has 26 heavy (non-hydrogen) atoms. The van der Waals surface area contributed by atoms with Crippen molar-refractivity contribution in [2.75, 3.05) is 0 Å². The number of phenols is 1. The highest BCUT2D eigenvalue weighted by Crippen LogP contribution is 2.13. The Morgan fingerprint density at radius 2 is 1.31 bits per heavy atom. The first-order valence-electron chi connectivity index (χ1n) is 9.05. The fourth-order valence-corrected chi connectivity index (χ4v) is 2.04. The molecule has 0 atom stereocenters. The Morgan fingerprint density at radius 3 is 1.96 bits per heavy atom. The Kier molecular flexibility index (Phi) is 9.93. The van der Waals surface area contributed by atoms with Crippen LogP contribution in [0.15, 0.2) is 60.7 Å². The van der Waals surface area contributed by atoms with E-state index >= 15 is 0 Å². The Balaban J connectivity index is 0.000000791. The average molecular weight is 348 g/mol. The number of nitrogens with one attached hydrogen (secondary N) is 1. The van der Waals surface area contributed by atoms with E-state index in [0.717, 1.165) is 22.5 Å². The molecule has 0 amide bonds. The van der Waals surface area contributed by atoms with Crippen molar-refractivity contribution < 1.29 is 5.11 Å². The topological polar surface area (TPSA) is 48.9 Å². The van der Waals surface area contributed by atoms with Crippen LogP contribution in [0.25, 0.3) is 24.3 Å². The lowest BCUT2D eigenvalue weighted by Gasteiger charge is -1.93. The van der Waals surface area contributed by atoms with Crippen molar-refractivity contribution in [2.45, 2.75) is 27.7 Å². The van der Waals surface area contributed by atoms with Gasteiger partial charge >= 0.3 is 0 Å². The Labute approximate surface area is 156 Å². The molecule has 0 unspecified atom stereocenters. The first kappa shape index (κ1) is 21.0. The van der Waals surface area contributed by atoms with Crippen molar-refractivity contribution in [3.63, 3.8) is 0 Å². The molecule has 0 bridgehead atoms. The summed E-state index contributed by atoms with van der Waals surface area (Å²) in [5.74, 6) is 0.270. The van der Waals surface area contributed by atoms with Crippen LogP contribution >= 0.6 is 0 Å². The fourth-order valence-electron chi connectivity index (χ4n) is 2.04. The zero-order chi connectivity index (χ0) is 19.2. The number of hydrogen-bond donors (Lipinski definition) is 2. The number of H-pyrrole nitrogens is 1. The molecule has 2 aromatic carbocycles. The summed E-state index contributed by atoms with van der Waals surface area (Å²) in [4.78, 5) is 0. The monoisotopic (exact) mass is 348 g/mol. The summed E-state index contributed by atoms with van der Waals surface area (Å²) in [7, 11) is 0. The highest BCUT2D eigenvalue weighted by molar-refractivity contribution is 5.72. The van der Waals surface area contributed by atoms with Gasteiger partial charge in [0, 0.05) is 0 Å². The number of rotatable bonds is 4. The quantitative estimate of drug-likeness (QED) is 0.564. The third-order valence-electron chi connectivity index (χ3n) is 3.21. The second-order valence-corrected chi connectivity index (χ2v) is 4.92. The molecule has 0 aliphatic rings. The second kappa shape index (κ2) is 12.3. The molecule has 0 radical (unpaired) electrons. The Morgan fingerprint density at radius 1 is 0.731 bits per heavy atom. The summed E-state index contributed by atoms with van der Waals surface area (Å²) in [5, 5.41) is 16.5. The zero-order valence-electron chi connectivity index (χ0n) is 16.0. The minimum Gasteiger partial charge on any atom is -0.508 e. The molecule has 2 N–H and O–H groups in total. The van der Waals surface area contributed by atoms with Gasteiger partial charge in [-0.05, 0) is 41.5 Å². The van der Waals surface area contributed by atoms with Gasteiger partial charge in [-0.25, -0.2) is 0 Å². The molecule has 1 heterocycles. The van der Waals surface area contributed by atoms with E-state index in [1.165, 1.54) is 0 Å². The molecule has 1 aromatic heterocycles. The number of hydrogen-bond acceptors (Lipinski definition) is 2. The molecule has 3 rings (SSSR count). The Bertz CT molecular complexity index is 785. The predicted molar refractivity (Wildman–Crippen MR) is 114 cm³/mol. The van der Waals surface area contributed by atoms with Gasteiger partial charge in [0.15, 0.2) is 0 Å². The molecule has 0 spiro atoms. The summed E-state index contributed by atoms with van der Waals surface area (Å²) >= 11 is 0. The zero-order valence-corrected chi connectivity index (χ0v) is 16.0. The van der Waals surface area contributed by atoms with Gasteiger partial charge in [0.1, 0.15) is 5.75 Å². The summed E-state index contributed by atoms with van der Waals surface area (Å²) in [6.07, 6.45) is 7.93. The van der Waals surface area contributed by atoms with Gasteiger partial charge < -0.3 is 5.11 Å². The minimum absolute atomic E-state index is 0.270. The predicted octanol–water partition coefficient (Wildman–Crippen LogP) is 6.51. The van der Waals surface area contributed by atoms with Gasteiger partial charge in [0.25, 0.3) is 0 Å². The van der Waals surface area contributed by atoms with Gasteiger partial charge in [-0.3, -0.25) is 5.10 Å². The number of aromatic nitrogens is 2. The summed E-state index contributed by atoms with van der Waals surface area (Å²) in [6.45, 7) is 8.00. The van der Waals surface area contributed by atoms with Crippen molar-refractivity contribution >= 4 is 24.3 Å². The molecular formula is C23H28N2O. The van der Waals surface area contributed by atoms with Gasteiger partial charge in [0.2, 0.25) is 0 Å². The summed E-state index contributed by atoms with van der Waals surface area (Å²) < 4.78 is 0. The van der Waals surface area contributed by atoms with Crippen molar-refractivity contribution in [3.8, 4) is 5.75 Å². The lowest BCUT2D eigenvalue weighted by Crippen LogP contribution is -1.73. The Hall–Kier alpha value is -3.07. The number of aromatic hydroxyl groups is 1. The van der Waals surface area contributed by atoms with Crippen molar-refractivity contribution in [2.24, 2.45) is 0 Å². The number of phenolic OH excluding ortho intramolecular Hbond substituents is 1. The number of benzene rings is 2. The van der Waals surface area contributed by atoms with E-state index in [1.54, 1.807) is 12.1 Å². The lowest BCUT2D eigenvalue weighted by atomic mass is 10.2. The maximum Gasteiger partial charge on any atom is 0.115 e. The van der Waals surface area contributed by atoms with Gasteiger partial charge in [-0.1, -0.05) is 82.3 Å². The van der Waals surface area contributed by atoms with Crippen molar-refractivity contribution in [3.05, 3.63) is 83.2 Å². The molecule has 3 aromatic rings. The largest absolute Gasteiger partial charge is 0.508 e. The van der Waals surface area contributed by atoms with Gasteiger partial charge in [-0.2, -0.15) is 5.10 Å². The molecule has 0 fully saturated rings. The maximum atomic E-state index is 9.25. The van der Waals surface area contributed by atoms with Crippen LogP contribution in [-0.2, 0) is 0 Å². The van der Waals surface area contributed by atoms with Crippen LogP contribution in [0.5, 0.6) is 5.75 Å². The molecule has 3 nitrogen and oxygen atoms in total. The highest BCUT2D eigenvalue weighted by Gasteiger charge is 1.95. The van der Waals surface area contributed by atoms with E-state index in [0.29, 0.717) is 0 Å². The minimum atomic E-state index is 0.270. The molecule has 0 aliphatic heterocycles. The highest BCUT2D eigenvalue weighted by atomic mass is 16.3. The van der Waals surface area contributed by atoms with Crippen LogP contribution in [0.4, 0.5) is 0 Å². The van der Waals surface area contributed by atoms with Crippen LogP contribution in [0.2, 0.25) is 0 Å². The van der Waals surface area contributed by atoms with E-state index < -0.39 is 0 Å². The van der Waals surface area contributed by atoms with Crippen LogP contribution in [-0.4, -0.2) is 15.3 Å².